The third-order valence-electron chi connectivity index (χ3n) is 3.72. The Balaban J connectivity index is 1.96. The molecule has 0 aliphatic carbocycles. The second-order valence-electron chi connectivity index (χ2n) is 6.32. The molecule has 0 aliphatic heterocycles. The number of carbonyl (C=O) groups is 1. The van der Waals surface area contributed by atoms with Gasteiger partial charge in [0.25, 0.3) is 5.69 Å². The zero-order valence-electron chi connectivity index (χ0n) is 16.1. The molecule has 1 heterocycles. The maximum atomic E-state index is 12.4. The van der Waals surface area contributed by atoms with Gasteiger partial charge in [0, 0.05) is 25.0 Å². The molecule has 2 aromatic rings. The van der Waals surface area contributed by atoms with Crippen molar-refractivity contribution in [1.29, 1.82) is 0 Å². The fourth-order valence-corrected chi connectivity index (χ4v) is 2.86. The molecule has 0 amide bonds. The Morgan fingerprint density at radius 1 is 1.28 bits per heavy atom. The number of nitro benzene ring substituents is 1. The molecule has 29 heavy (non-hydrogen) atoms. The van der Waals surface area contributed by atoms with E-state index in [0.717, 1.165) is 16.9 Å². The number of thiophene rings is 1. The van der Waals surface area contributed by atoms with Gasteiger partial charge >= 0.3 is 5.97 Å². The zero-order valence-corrected chi connectivity index (χ0v) is 17.0. The van der Waals surface area contributed by atoms with E-state index in [1.165, 1.54) is 24.3 Å². The van der Waals surface area contributed by atoms with E-state index in [1.807, 2.05) is 24.4 Å². The summed E-state index contributed by atoms with van der Waals surface area (Å²) in [6.07, 6.45) is 1.93. The Hall–Kier alpha value is -3.35. The van der Waals surface area contributed by atoms with E-state index in [1.54, 1.807) is 11.3 Å². The molecule has 5 nitrogen and oxygen atoms in total. The van der Waals surface area contributed by atoms with E-state index in [-0.39, 0.29) is 11.3 Å². The first-order chi connectivity index (χ1) is 14.0. The number of allylic oxidation sites excluding steroid dienone is 1. The molecule has 0 fully saturated rings. The highest BCUT2D eigenvalue weighted by atomic mass is 32.1. The van der Waals surface area contributed by atoms with Crippen LogP contribution in [0.1, 0.15) is 47.8 Å². The number of esters is 1. The third-order valence-corrected chi connectivity index (χ3v) is 4.50. The molecule has 6 heteroatoms. The van der Waals surface area contributed by atoms with Crippen LogP contribution < -0.4 is 0 Å². The van der Waals surface area contributed by atoms with Gasteiger partial charge in [-0.2, -0.15) is 0 Å². The number of benzene rings is 1. The molecular weight excluding hydrogens is 386 g/mol. The van der Waals surface area contributed by atoms with Crippen molar-refractivity contribution in [2.75, 3.05) is 0 Å². The van der Waals surface area contributed by atoms with Gasteiger partial charge in [-0.05, 0) is 43.3 Å². The minimum Gasteiger partial charge on any atom is -0.446 e. The van der Waals surface area contributed by atoms with E-state index in [9.17, 15) is 14.9 Å². The highest BCUT2D eigenvalue weighted by Gasteiger charge is 2.15. The average Bonchev–Trinajstić information content (AvgIpc) is 3.20. The second-order valence-corrected chi connectivity index (χ2v) is 7.27. The summed E-state index contributed by atoms with van der Waals surface area (Å²) in [4.78, 5) is 23.6. The monoisotopic (exact) mass is 407 g/mol. The number of nitro groups is 1. The molecule has 0 bridgehead atoms. The Kier molecular flexibility index (Phi) is 8.69. The summed E-state index contributed by atoms with van der Waals surface area (Å²) in [5.74, 6) is 11.6. The zero-order chi connectivity index (χ0) is 21.1. The summed E-state index contributed by atoms with van der Waals surface area (Å²) in [6.45, 7) is 5.69. The molecule has 0 saturated heterocycles. The van der Waals surface area contributed by atoms with Gasteiger partial charge in [-0.1, -0.05) is 41.9 Å². The predicted molar refractivity (Wildman–Crippen MR) is 115 cm³/mol. The molecule has 0 radical (unpaired) electrons. The smallest absolute Gasteiger partial charge is 0.339 e. The molecule has 2 rings (SSSR count). The van der Waals surface area contributed by atoms with Gasteiger partial charge in [-0.15, -0.1) is 11.3 Å². The second kappa shape index (κ2) is 11.5. The van der Waals surface area contributed by atoms with E-state index in [4.69, 9.17) is 4.74 Å². The van der Waals surface area contributed by atoms with Gasteiger partial charge in [-0.25, -0.2) is 4.79 Å². The van der Waals surface area contributed by atoms with Crippen LogP contribution in [0.5, 0.6) is 0 Å². The minimum absolute atomic E-state index is 0.0799. The molecule has 148 valence electrons. The average molecular weight is 407 g/mol. The van der Waals surface area contributed by atoms with Gasteiger partial charge in [0.15, 0.2) is 6.10 Å². The van der Waals surface area contributed by atoms with E-state index < -0.39 is 17.0 Å². The van der Waals surface area contributed by atoms with Crippen molar-refractivity contribution in [3.63, 3.8) is 0 Å². The third kappa shape index (κ3) is 8.04. The molecule has 0 N–H and O–H groups in total. The maximum Gasteiger partial charge on any atom is 0.339 e. The SMILES string of the molecule is C=C(C)CC#CC(CCCC#Cc1cccs1)OC(=O)c1ccc([N+](=O)[O-])cc1. The van der Waals surface area contributed by atoms with Crippen LogP contribution in [0, 0.1) is 33.8 Å². The Labute approximate surface area is 174 Å². The van der Waals surface area contributed by atoms with E-state index in [0.29, 0.717) is 19.3 Å². The lowest BCUT2D eigenvalue weighted by atomic mass is 10.1. The van der Waals surface area contributed by atoms with Crippen LogP contribution in [-0.2, 0) is 4.74 Å². The van der Waals surface area contributed by atoms with Gasteiger partial charge in [-0.3, -0.25) is 10.1 Å². The Bertz CT molecular complexity index is 970. The first kappa shape index (κ1) is 21.9. The normalized spacial score (nSPS) is 10.7. The standard InChI is InChI=1S/C23H21NO4S/c1-18(2)8-6-10-21(9-4-3-5-11-22-12-7-17-29-22)28-23(25)19-13-15-20(16-14-19)24(26)27/h7,12-17,21H,1,3-4,8-9H2,2H3. The summed E-state index contributed by atoms with van der Waals surface area (Å²) < 4.78 is 5.51. The van der Waals surface area contributed by atoms with Crippen LogP contribution in [0.25, 0.3) is 0 Å². The summed E-state index contributed by atoms with van der Waals surface area (Å²) in [5.41, 5.74) is 1.10. The van der Waals surface area contributed by atoms with Crippen molar-refractivity contribution in [3.8, 4) is 23.7 Å². The number of nitrogens with zero attached hydrogens (tertiary/aromatic N) is 1. The number of unbranched alkanes of at least 4 members (excludes halogenated alkanes) is 1. The summed E-state index contributed by atoms with van der Waals surface area (Å²) in [5, 5.41) is 12.7. The lowest BCUT2D eigenvalue weighted by Gasteiger charge is -2.12. The molecule has 1 aromatic heterocycles. The fraction of sp³-hybridized carbons (Fsp3) is 0.261. The fourth-order valence-electron chi connectivity index (χ4n) is 2.27. The Morgan fingerprint density at radius 3 is 2.66 bits per heavy atom. The number of ether oxygens (including phenoxy) is 1. The van der Waals surface area contributed by atoms with Crippen LogP contribution in [0.4, 0.5) is 5.69 Å². The number of hydrogen-bond acceptors (Lipinski definition) is 5. The van der Waals surface area contributed by atoms with Crippen molar-refractivity contribution in [2.24, 2.45) is 0 Å². The minimum atomic E-state index is -0.569. The molecule has 1 aromatic carbocycles. The topological polar surface area (TPSA) is 69.4 Å². The first-order valence-electron chi connectivity index (χ1n) is 9.06. The van der Waals surface area contributed by atoms with Crippen molar-refractivity contribution in [3.05, 3.63) is 74.5 Å². The highest BCUT2D eigenvalue weighted by Crippen LogP contribution is 2.15. The van der Waals surface area contributed by atoms with Gasteiger partial charge < -0.3 is 4.74 Å². The lowest BCUT2D eigenvalue weighted by molar-refractivity contribution is -0.384. The molecule has 1 unspecified atom stereocenters. The van der Waals surface area contributed by atoms with Crippen molar-refractivity contribution < 1.29 is 14.5 Å². The lowest BCUT2D eigenvalue weighted by Crippen LogP contribution is -2.17. The van der Waals surface area contributed by atoms with Crippen LogP contribution in [0.15, 0.2) is 53.9 Å². The number of carbonyl (C=O) groups excluding carboxylic acids is 1. The summed E-state index contributed by atoms with van der Waals surface area (Å²) in [6, 6.07) is 9.24. The van der Waals surface area contributed by atoms with Crippen LogP contribution in [0.3, 0.4) is 0 Å². The van der Waals surface area contributed by atoms with Gasteiger partial charge in [0.05, 0.1) is 15.4 Å². The van der Waals surface area contributed by atoms with Crippen molar-refractivity contribution in [2.45, 2.75) is 38.7 Å². The highest BCUT2D eigenvalue weighted by molar-refractivity contribution is 7.10. The molecule has 0 aliphatic rings. The van der Waals surface area contributed by atoms with Gasteiger partial charge in [0.2, 0.25) is 0 Å². The number of non-ortho nitro benzene ring substituents is 1. The molecular formula is C23H21NO4S. The van der Waals surface area contributed by atoms with Crippen LogP contribution in [0.2, 0.25) is 0 Å². The number of hydrogen-bond donors (Lipinski definition) is 0. The largest absolute Gasteiger partial charge is 0.446 e. The molecule has 0 saturated carbocycles. The Morgan fingerprint density at radius 2 is 2.03 bits per heavy atom. The summed E-state index contributed by atoms with van der Waals surface area (Å²) >= 11 is 1.59. The quantitative estimate of drug-likeness (QED) is 0.154. The predicted octanol–water partition coefficient (Wildman–Crippen LogP) is 5.37. The van der Waals surface area contributed by atoms with Gasteiger partial charge in [0.1, 0.15) is 0 Å². The van der Waals surface area contributed by atoms with Crippen molar-refractivity contribution in [1.82, 2.24) is 0 Å². The number of rotatable bonds is 7. The summed E-state index contributed by atoms with van der Waals surface area (Å²) in [7, 11) is 0. The first-order valence-corrected chi connectivity index (χ1v) is 9.94. The maximum absolute atomic E-state index is 12.4. The van der Waals surface area contributed by atoms with Crippen molar-refractivity contribution >= 4 is 23.0 Å². The van der Waals surface area contributed by atoms with Crippen LogP contribution in [-0.4, -0.2) is 17.0 Å². The molecule has 0 spiro atoms. The van der Waals surface area contributed by atoms with E-state index in [2.05, 4.69) is 30.3 Å². The molecule has 1 atom stereocenters. The van der Waals surface area contributed by atoms with Crippen LogP contribution >= 0.6 is 11.3 Å². The van der Waals surface area contributed by atoms with E-state index >= 15 is 0 Å².